The maximum Gasteiger partial charge on any atom is 0.418 e. The van der Waals surface area contributed by atoms with Crippen LogP contribution >= 0.6 is 23.2 Å². The van der Waals surface area contributed by atoms with Gasteiger partial charge in [-0.1, -0.05) is 11.6 Å². The molecule has 1 fully saturated rings. The van der Waals surface area contributed by atoms with E-state index in [9.17, 15) is 18.0 Å². The van der Waals surface area contributed by atoms with Gasteiger partial charge in [-0.05, 0) is 18.2 Å². The van der Waals surface area contributed by atoms with E-state index in [1.165, 1.54) is 12.1 Å². The standard InChI is InChI=1S/C11H8Cl2F3NO/c12-6-1-2-9(8(3-6)11(14,15)16)17-5-7(13)4-10(17)18/h1-3,7H,4-5H2. The Morgan fingerprint density at radius 2 is 2.00 bits per heavy atom. The third-order valence-electron chi connectivity index (χ3n) is 2.63. The molecule has 0 radical (unpaired) electrons. The van der Waals surface area contributed by atoms with Gasteiger partial charge in [0.05, 0.1) is 16.6 Å². The third kappa shape index (κ3) is 2.57. The lowest BCUT2D eigenvalue weighted by Gasteiger charge is -2.21. The van der Waals surface area contributed by atoms with Crippen LogP contribution in [0, 0.1) is 0 Å². The maximum absolute atomic E-state index is 12.9. The van der Waals surface area contributed by atoms with E-state index in [0.717, 1.165) is 11.0 Å². The molecule has 0 bridgehead atoms. The molecule has 0 saturated carbocycles. The summed E-state index contributed by atoms with van der Waals surface area (Å²) in [5, 5.41) is -0.491. The zero-order valence-electron chi connectivity index (χ0n) is 8.97. The second-order valence-electron chi connectivity index (χ2n) is 3.96. The zero-order valence-corrected chi connectivity index (χ0v) is 10.5. The normalized spacial score (nSPS) is 20.6. The highest BCUT2D eigenvalue weighted by atomic mass is 35.5. The maximum atomic E-state index is 12.9. The first-order valence-electron chi connectivity index (χ1n) is 5.10. The molecule has 1 amide bonds. The topological polar surface area (TPSA) is 20.3 Å². The van der Waals surface area contributed by atoms with Gasteiger partial charge in [0.25, 0.3) is 0 Å². The van der Waals surface area contributed by atoms with Crippen LogP contribution in [0.25, 0.3) is 0 Å². The van der Waals surface area contributed by atoms with Crippen molar-refractivity contribution in [3.63, 3.8) is 0 Å². The molecule has 0 aliphatic carbocycles. The van der Waals surface area contributed by atoms with Crippen molar-refractivity contribution < 1.29 is 18.0 Å². The summed E-state index contributed by atoms with van der Waals surface area (Å²) in [6.07, 6.45) is -4.52. The van der Waals surface area contributed by atoms with Crippen molar-refractivity contribution in [2.75, 3.05) is 11.4 Å². The summed E-state index contributed by atoms with van der Waals surface area (Å²) in [4.78, 5) is 12.6. The number of alkyl halides is 4. The lowest BCUT2D eigenvalue weighted by molar-refractivity contribution is -0.137. The average molecular weight is 298 g/mol. The van der Waals surface area contributed by atoms with Crippen LogP contribution in [0.15, 0.2) is 18.2 Å². The molecule has 98 valence electrons. The number of nitrogens with zero attached hydrogens (tertiary/aromatic N) is 1. The van der Waals surface area contributed by atoms with E-state index in [2.05, 4.69) is 0 Å². The number of anilines is 1. The molecular formula is C11H8Cl2F3NO. The molecule has 7 heteroatoms. The molecule has 1 aliphatic rings. The number of benzene rings is 1. The van der Waals surface area contributed by atoms with Crippen molar-refractivity contribution in [3.05, 3.63) is 28.8 Å². The Bertz CT molecular complexity index is 490. The highest BCUT2D eigenvalue weighted by Gasteiger charge is 2.38. The fourth-order valence-corrected chi connectivity index (χ4v) is 2.31. The van der Waals surface area contributed by atoms with Crippen molar-refractivity contribution in [2.24, 2.45) is 0 Å². The van der Waals surface area contributed by atoms with Gasteiger partial charge in [0, 0.05) is 18.0 Å². The number of carbonyl (C=O) groups is 1. The quantitative estimate of drug-likeness (QED) is 0.724. The van der Waals surface area contributed by atoms with Gasteiger partial charge in [0.15, 0.2) is 0 Å². The van der Waals surface area contributed by atoms with Crippen LogP contribution in [0.2, 0.25) is 5.02 Å². The van der Waals surface area contributed by atoms with Crippen molar-refractivity contribution in [1.82, 2.24) is 0 Å². The molecule has 1 unspecified atom stereocenters. The van der Waals surface area contributed by atoms with Crippen LogP contribution in [0.1, 0.15) is 12.0 Å². The first-order chi connectivity index (χ1) is 8.29. The SMILES string of the molecule is O=C1CC(Cl)CN1c1ccc(Cl)cc1C(F)(F)F. The predicted octanol–water partition coefficient (Wildman–Crippen LogP) is 3.70. The van der Waals surface area contributed by atoms with Crippen molar-refractivity contribution in [3.8, 4) is 0 Å². The van der Waals surface area contributed by atoms with Gasteiger partial charge in [-0.15, -0.1) is 11.6 Å². The molecule has 2 rings (SSSR count). The number of carbonyl (C=O) groups excluding carboxylic acids is 1. The Labute approximate surface area is 111 Å². The lowest BCUT2D eigenvalue weighted by atomic mass is 10.1. The minimum atomic E-state index is -4.56. The van der Waals surface area contributed by atoms with E-state index in [0.29, 0.717) is 0 Å². The Kier molecular flexibility index (Phi) is 3.47. The number of rotatable bonds is 1. The largest absolute Gasteiger partial charge is 0.418 e. The molecule has 0 spiro atoms. The van der Waals surface area contributed by atoms with Crippen LogP contribution < -0.4 is 4.90 Å². The predicted molar refractivity (Wildman–Crippen MR) is 63.1 cm³/mol. The smallest absolute Gasteiger partial charge is 0.310 e. The van der Waals surface area contributed by atoms with E-state index in [4.69, 9.17) is 23.2 Å². The summed E-state index contributed by atoms with van der Waals surface area (Å²) >= 11 is 11.3. The zero-order chi connectivity index (χ0) is 13.5. The van der Waals surface area contributed by atoms with Gasteiger partial charge in [-0.25, -0.2) is 0 Å². The second-order valence-corrected chi connectivity index (χ2v) is 5.02. The van der Waals surface area contributed by atoms with E-state index in [1.807, 2.05) is 0 Å². The Morgan fingerprint density at radius 1 is 1.33 bits per heavy atom. The van der Waals surface area contributed by atoms with Gasteiger partial charge in [-0.3, -0.25) is 4.79 Å². The third-order valence-corrected chi connectivity index (χ3v) is 3.16. The van der Waals surface area contributed by atoms with Crippen LogP contribution in [0.5, 0.6) is 0 Å². The summed E-state index contributed by atoms with van der Waals surface area (Å²) in [5.74, 6) is -0.414. The van der Waals surface area contributed by atoms with Crippen LogP contribution in [0.4, 0.5) is 18.9 Å². The van der Waals surface area contributed by atoms with E-state index in [1.54, 1.807) is 0 Å². The molecule has 1 saturated heterocycles. The number of hydrogen-bond donors (Lipinski definition) is 0. The van der Waals surface area contributed by atoms with E-state index in [-0.39, 0.29) is 23.7 Å². The number of hydrogen-bond acceptors (Lipinski definition) is 1. The van der Waals surface area contributed by atoms with Gasteiger partial charge < -0.3 is 4.90 Å². The summed E-state index contributed by atoms with van der Waals surface area (Å²) < 4.78 is 38.6. The summed E-state index contributed by atoms with van der Waals surface area (Å²) in [7, 11) is 0. The second kappa shape index (κ2) is 4.63. The van der Waals surface area contributed by atoms with Crippen molar-refractivity contribution in [1.29, 1.82) is 0 Å². The van der Waals surface area contributed by atoms with Gasteiger partial charge in [0.2, 0.25) is 5.91 Å². The Balaban J connectivity index is 2.48. The van der Waals surface area contributed by atoms with Gasteiger partial charge in [-0.2, -0.15) is 13.2 Å². The van der Waals surface area contributed by atoms with E-state index < -0.39 is 23.0 Å². The molecule has 18 heavy (non-hydrogen) atoms. The molecule has 0 aromatic heterocycles. The van der Waals surface area contributed by atoms with Crippen LogP contribution in [-0.2, 0) is 11.0 Å². The van der Waals surface area contributed by atoms with Gasteiger partial charge in [0.1, 0.15) is 0 Å². The Hall–Kier alpha value is -0.940. The fourth-order valence-electron chi connectivity index (χ4n) is 1.87. The molecule has 1 aromatic carbocycles. The lowest BCUT2D eigenvalue weighted by Crippen LogP contribution is -2.27. The molecule has 0 N–H and O–H groups in total. The number of amides is 1. The van der Waals surface area contributed by atoms with Gasteiger partial charge >= 0.3 is 6.18 Å². The van der Waals surface area contributed by atoms with Crippen LogP contribution in [0.3, 0.4) is 0 Å². The summed E-state index contributed by atoms with van der Waals surface area (Å²) in [6.45, 7) is 0.0745. The molecule has 1 aliphatic heterocycles. The minimum Gasteiger partial charge on any atom is -0.310 e. The van der Waals surface area contributed by atoms with Crippen molar-refractivity contribution >= 4 is 34.8 Å². The monoisotopic (exact) mass is 297 g/mol. The average Bonchev–Trinajstić information content (AvgIpc) is 2.56. The summed E-state index contributed by atoms with van der Waals surface area (Å²) in [6, 6.07) is 3.32. The first-order valence-corrected chi connectivity index (χ1v) is 5.91. The van der Waals surface area contributed by atoms with E-state index >= 15 is 0 Å². The highest BCUT2D eigenvalue weighted by molar-refractivity contribution is 6.30. The van der Waals surface area contributed by atoms with Crippen LogP contribution in [-0.4, -0.2) is 17.8 Å². The molecule has 2 nitrogen and oxygen atoms in total. The fraction of sp³-hybridized carbons (Fsp3) is 0.364. The highest BCUT2D eigenvalue weighted by Crippen LogP contribution is 2.39. The minimum absolute atomic E-state index is 0.0276. The Morgan fingerprint density at radius 3 is 2.50 bits per heavy atom. The first kappa shape index (κ1) is 13.5. The molecule has 1 atom stereocenters. The molecule has 1 aromatic rings. The summed E-state index contributed by atoms with van der Waals surface area (Å²) in [5.41, 5.74) is -1.12. The number of halogens is 5. The van der Waals surface area contributed by atoms with Crippen molar-refractivity contribution in [2.45, 2.75) is 18.0 Å². The molecule has 1 heterocycles. The molecular weight excluding hydrogens is 290 g/mol.